The van der Waals surface area contributed by atoms with E-state index in [2.05, 4.69) is 50.7 Å². The van der Waals surface area contributed by atoms with Crippen LogP contribution in [0.2, 0.25) is 18.1 Å². The van der Waals surface area contributed by atoms with E-state index in [0.29, 0.717) is 0 Å². The van der Waals surface area contributed by atoms with Crippen molar-refractivity contribution in [2.45, 2.75) is 51.2 Å². The smallest absolute Gasteiger partial charge is 0.330 e. The third-order valence-corrected chi connectivity index (χ3v) is 9.44. The number of amides is 1. The van der Waals surface area contributed by atoms with Crippen molar-refractivity contribution >= 4 is 14.2 Å². The molecular formula is C19H33N3O6Si. The van der Waals surface area contributed by atoms with E-state index in [0.717, 1.165) is 0 Å². The van der Waals surface area contributed by atoms with Crippen molar-refractivity contribution in [2.75, 3.05) is 26.9 Å². The number of carbonyl (C=O) groups is 1. The lowest BCUT2D eigenvalue weighted by molar-refractivity contribution is -0.130. The zero-order valence-electron chi connectivity index (χ0n) is 18.1. The minimum atomic E-state index is -2.01. The second kappa shape index (κ2) is 10.7. The van der Waals surface area contributed by atoms with Gasteiger partial charge in [-0.1, -0.05) is 26.8 Å². The molecule has 1 rings (SSSR count). The number of aromatic nitrogens is 2. The lowest BCUT2D eigenvalue weighted by Crippen LogP contribution is -2.43. The molecule has 0 spiro atoms. The molecule has 2 atom stereocenters. The summed E-state index contributed by atoms with van der Waals surface area (Å²) < 4.78 is 18.8. The molecule has 0 aliphatic rings. The number of nitrogens with one attached hydrogen (secondary N) is 2. The van der Waals surface area contributed by atoms with Crippen molar-refractivity contribution in [2.24, 2.45) is 0 Å². The fourth-order valence-corrected chi connectivity index (χ4v) is 3.05. The molecule has 9 nitrogen and oxygen atoms in total. The maximum Gasteiger partial charge on any atom is 0.330 e. The molecule has 164 valence electrons. The molecule has 1 heterocycles. The molecule has 0 fully saturated rings. The number of aromatic amines is 1. The largest absolute Gasteiger partial charge is 0.414 e. The Hall–Kier alpha value is -2.01. The predicted octanol–water partition coefficient (Wildman–Crippen LogP) is 1.39. The van der Waals surface area contributed by atoms with E-state index >= 15 is 0 Å². The molecule has 1 aromatic heterocycles. The first kappa shape index (κ1) is 25.0. The Labute approximate surface area is 172 Å². The summed E-state index contributed by atoms with van der Waals surface area (Å²) in [6.45, 7) is 14.5. The first-order valence-electron chi connectivity index (χ1n) is 9.43. The number of carbonyl (C=O) groups excluding carboxylic acids is 1. The van der Waals surface area contributed by atoms with Gasteiger partial charge in [0, 0.05) is 19.3 Å². The molecule has 0 saturated carbocycles. The topological polar surface area (TPSA) is 112 Å². The number of likely N-dealkylation sites (N-methyl/N-ethyl adjacent to an activating group) is 1. The Morgan fingerprint density at radius 3 is 2.52 bits per heavy atom. The van der Waals surface area contributed by atoms with Gasteiger partial charge in [0.25, 0.3) is 5.56 Å². The van der Waals surface area contributed by atoms with Crippen LogP contribution in [0.25, 0.3) is 0 Å². The molecule has 1 aromatic rings. The van der Waals surface area contributed by atoms with Crippen LogP contribution in [-0.2, 0) is 18.7 Å². The minimum absolute atomic E-state index is 0.0323. The zero-order valence-corrected chi connectivity index (χ0v) is 19.1. The minimum Gasteiger partial charge on any atom is -0.414 e. The van der Waals surface area contributed by atoms with Crippen molar-refractivity contribution in [3.63, 3.8) is 0 Å². The Morgan fingerprint density at radius 1 is 1.34 bits per heavy atom. The van der Waals surface area contributed by atoms with Crippen LogP contribution < -0.4 is 16.6 Å². The molecule has 29 heavy (non-hydrogen) atoms. The lowest BCUT2D eigenvalue weighted by Gasteiger charge is -2.37. The summed E-state index contributed by atoms with van der Waals surface area (Å²) >= 11 is 0. The predicted molar refractivity (Wildman–Crippen MR) is 113 cm³/mol. The average Bonchev–Trinajstić information content (AvgIpc) is 2.62. The number of H-pyrrole nitrogens is 1. The molecule has 10 heteroatoms. The number of nitrogens with zero attached hydrogens (tertiary/aromatic N) is 1. The van der Waals surface area contributed by atoms with Gasteiger partial charge in [-0.05, 0) is 18.1 Å². The molecule has 0 saturated heterocycles. The maximum absolute atomic E-state index is 12.2. The maximum atomic E-state index is 12.2. The molecule has 0 radical (unpaired) electrons. The van der Waals surface area contributed by atoms with Crippen LogP contribution in [-0.4, -0.2) is 56.7 Å². The lowest BCUT2D eigenvalue weighted by atomic mass is 10.2. The van der Waals surface area contributed by atoms with Crippen LogP contribution in [0.1, 0.15) is 27.0 Å². The Kier molecular flexibility index (Phi) is 9.21. The molecule has 0 aliphatic carbocycles. The Bertz CT molecular complexity index is 796. The fourth-order valence-electron chi connectivity index (χ4n) is 2.04. The number of rotatable bonds is 11. The standard InChI is InChI=1S/C19H33N3O6Si/c1-8-14(11-27-29(6,7)19(2,3)4)28-17(13-26-12-16(24)20-5)22-10-9-15(23)21-18(22)25/h8-10,14,17H,1,11-13H2,2-7H3,(H,20,24)(H,21,23,25)/t14-,17-/m1/s1. The van der Waals surface area contributed by atoms with Crippen LogP contribution in [0.5, 0.6) is 0 Å². The fraction of sp³-hybridized carbons (Fsp3) is 0.632. The van der Waals surface area contributed by atoms with E-state index in [1.165, 1.54) is 23.9 Å². The highest BCUT2D eigenvalue weighted by Gasteiger charge is 2.37. The molecule has 0 bridgehead atoms. The van der Waals surface area contributed by atoms with E-state index in [-0.39, 0.29) is 30.8 Å². The van der Waals surface area contributed by atoms with Crippen LogP contribution in [0, 0.1) is 0 Å². The highest BCUT2D eigenvalue weighted by atomic mass is 28.4. The quantitative estimate of drug-likeness (QED) is 0.408. The molecule has 0 aliphatic heterocycles. The van der Waals surface area contributed by atoms with Gasteiger partial charge >= 0.3 is 5.69 Å². The highest BCUT2D eigenvalue weighted by molar-refractivity contribution is 6.74. The number of hydrogen-bond donors (Lipinski definition) is 2. The third-order valence-electron chi connectivity index (χ3n) is 4.94. The number of hydrogen-bond acceptors (Lipinski definition) is 6. The second-order valence-electron chi connectivity index (χ2n) is 8.14. The van der Waals surface area contributed by atoms with E-state index in [4.69, 9.17) is 13.9 Å². The summed E-state index contributed by atoms with van der Waals surface area (Å²) in [5.74, 6) is -0.306. The van der Waals surface area contributed by atoms with Crippen molar-refractivity contribution in [1.82, 2.24) is 14.9 Å². The van der Waals surface area contributed by atoms with Gasteiger partial charge in [-0.2, -0.15) is 0 Å². The van der Waals surface area contributed by atoms with Crippen molar-refractivity contribution in [1.29, 1.82) is 0 Å². The summed E-state index contributed by atoms with van der Waals surface area (Å²) in [4.78, 5) is 37.1. The normalized spacial score (nSPS) is 14.3. The summed E-state index contributed by atoms with van der Waals surface area (Å²) in [6, 6.07) is 1.21. The molecule has 0 unspecified atom stereocenters. The number of ether oxygens (including phenoxy) is 2. The second-order valence-corrected chi connectivity index (χ2v) is 13.0. The van der Waals surface area contributed by atoms with Gasteiger partial charge in [-0.15, -0.1) is 6.58 Å². The van der Waals surface area contributed by atoms with Crippen LogP contribution in [0.15, 0.2) is 34.5 Å². The van der Waals surface area contributed by atoms with Crippen molar-refractivity contribution in [3.8, 4) is 0 Å². The van der Waals surface area contributed by atoms with E-state index < -0.39 is 31.9 Å². The van der Waals surface area contributed by atoms with Crippen molar-refractivity contribution < 1.29 is 18.7 Å². The van der Waals surface area contributed by atoms with Crippen LogP contribution in [0.4, 0.5) is 0 Å². The van der Waals surface area contributed by atoms with Crippen LogP contribution >= 0.6 is 0 Å². The molecule has 0 aromatic carbocycles. The van der Waals surface area contributed by atoms with Gasteiger partial charge in [0.2, 0.25) is 5.91 Å². The molecular weight excluding hydrogens is 394 g/mol. The van der Waals surface area contributed by atoms with Crippen LogP contribution in [0.3, 0.4) is 0 Å². The SMILES string of the molecule is C=C[C@H](CO[Si](C)(C)C(C)(C)C)O[C@H](COCC(=O)NC)n1ccc(=O)[nH]c1=O. The average molecular weight is 428 g/mol. The van der Waals surface area contributed by atoms with Gasteiger partial charge in [0.15, 0.2) is 14.5 Å². The van der Waals surface area contributed by atoms with Gasteiger partial charge in [0.1, 0.15) is 12.7 Å². The summed E-state index contributed by atoms with van der Waals surface area (Å²) in [6.07, 6.45) is 1.52. The van der Waals surface area contributed by atoms with E-state index in [1.807, 2.05) is 0 Å². The van der Waals surface area contributed by atoms with E-state index in [1.54, 1.807) is 6.08 Å². The highest BCUT2D eigenvalue weighted by Crippen LogP contribution is 2.36. The zero-order chi connectivity index (χ0) is 22.2. The molecule has 2 N–H and O–H groups in total. The summed E-state index contributed by atoms with van der Waals surface area (Å²) in [7, 11) is -0.508. The Balaban J connectivity index is 2.95. The summed E-state index contributed by atoms with van der Waals surface area (Å²) in [5.41, 5.74) is -1.16. The van der Waals surface area contributed by atoms with Gasteiger partial charge in [-0.3, -0.25) is 19.1 Å². The van der Waals surface area contributed by atoms with Gasteiger partial charge in [0.05, 0.1) is 13.2 Å². The molecule has 1 amide bonds. The summed E-state index contributed by atoms with van der Waals surface area (Å²) in [5, 5.41) is 2.48. The van der Waals surface area contributed by atoms with Gasteiger partial charge < -0.3 is 19.2 Å². The van der Waals surface area contributed by atoms with Crippen molar-refractivity contribution in [3.05, 3.63) is 45.8 Å². The monoisotopic (exact) mass is 427 g/mol. The first-order chi connectivity index (χ1) is 13.4. The third kappa shape index (κ3) is 7.73. The Morgan fingerprint density at radius 2 is 2.00 bits per heavy atom. The first-order valence-corrected chi connectivity index (χ1v) is 12.3. The van der Waals surface area contributed by atoms with Gasteiger partial charge in [-0.25, -0.2) is 4.79 Å². The van der Waals surface area contributed by atoms with E-state index in [9.17, 15) is 14.4 Å².